The fourth-order valence-electron chi connectivity index (χ4n) is 1.78. The summed E-state index contributed by atoms with van der Waals surface area (Å²) < 4.78 is 10.6. The molecule has 0 aliphatic heterocycles. The highest BCUT2D eigenvalue weighted by molar-refractivity contribution is 5.91. The standard InChI is InChI=1S/C17H19NO4/c1-13-5-2-3-7-16(13)22-12-14(19)11-18-17(20)9-8-15-6-4-10-21-15/h2-10,14,19H,11-12H2,1H3,(H,18,20)/b9-8+. The summed E-state index contributed by atoms with van der Waals surface area (Å²) in [5.41, 5.74) is 1.00. The molecule has 0 aliphatic rings. The van der Waals surface area contributed by atoms with Crippen molar-refractivity contribution in [1.29, 1.82) is 0 Å². The maximum absolute atomic E-state index is 11.6. The number of hydrogen-bond acceptors (Lipinski definition) is 4. The molecule has 1 heterocycles. The molecule has 1 unspecified atom stereocenters. The van der Waals surface area contributed by atoms with Crippen molar-refractivity contribution in [3.05, 3.63) is 60.1 Å². The summed E-state index contributed by atoms with van der Waals surface area (Å²) in [5.74, 6) is 1.02. The van der Waals surface area contributed by atoms with E-state index in [1.807, 2.05) is 31.2 Å². The van der Waals surface area contributed by atoms with Crippen LogP contribution in [0.1, 0.15) is 11.3 Å². The number of aliphatic hydroxyl groups is 1. The molecule has 0 radical (unpaired) electrons. The third-order valence-electron chi connectivity index (χ3n) is 2.98. The third kappa shape index (κ3) is 5.10. The summed E-state index contributed by atoms with van der Waals surface area (Å²) in [7, 11) is 0. The summed E-state index contributed by atoms with van der Waals surface area (Å²) in [6.45, 7) is 2.17. The Morgan fingerprint density at radius 2 is 2.18 bits per heavy atom. The monoisotopic (exact) mass is 301 g/mol. The molecule has 2 aromatic rings. The normalized spacial score (nSPS) is 12.3. The number of carbonyl (C=O) groups excluding carboxylic acids is 1. The molecule has 0 spiro atoms. The van der Waals surface area contributed by atoms with Crippen molar-refractivity contribution >= 4 is 12.0 Å². The summed E-state index contributed by atoms with van der Waals surface area (Å²) in [4.78, 5) is 11.6. The van der Waals surface area contributed by atoms with Gasteiger partial charge in [0.1, 0.15) is 24.2 Å². The molecule has 2 rings (SSSR count). The SMILES string of the molecule is Cc1ccccc1OCC(O)CNC(=O)/C=C/c1ccco1. The van der Waals surface area contributed by atoms with Crippen molar-refractivity contribution < 1.29 is 19.1 Å². The summed E-state index contributed by atoms with van der Waals surface area (Å²) in [6.07, 6.45) is 3.67. The number of aryl methyl sites for hydroxylation is 1. The van der Waals surface area contributed by atoms with Gasteiger partial charge in [-0.25, -0.2) is 0 Å². The molecule has 1 aromatic carbocycles. The van der Waals surface area contributed by atoms with Crippen molar-refractivity contribution in [3.63, 3.8) is 0 Å². The average molecular weight is 301 g/mol. The van der Waals surface area contributed by atoms with E-state index >= 15 is 0 Å². The molecule has 0 bridgehead atoms. The topological polar surface area (TPSA) is 71.7 Å². The fraction of sp³-hybridized carbons (Fsp3) is 0.235. The highest BCUT2D eigenvalue weighted by atomic mass is 16.5. The Balaban J connectivity index is 1.70. The molecule has 5 nitrogen and oxygen atoms in total. The van der Waals surface area contributed by atoms with E-state index in [9.17, 15) is 9.90 Å². The second kappa shape index (κ2) is 8.05. The van der Waals surface area contributed by atoms with Gasteiger partial charge in [-0.3, -0.25) is 4.79 Å². The zero-order valence-corrected chi connectivity index (χ0v) is 12.4. The average Bonchev–Trinajstić information content (AvgIpc) is 3.03. The first-order valence-corrected chi connectivity index (χ1v) is 7.01. The Hall–Kier alpha value is -2.53. The molecule has 0 saturated carbocycles. The first-order chi connectivity index (χ1) is 10.6. The first kappa shape index (κ1) is 15.9. The minimum absolute atomic E-state index is 0.118. The van der Waals surface area contributed by atoms with Crippen molar-refractivity contribution in [1.82, 2.24) is 5.32 Å². The lowest BCUT2D eigenvalue weighted by atomic mass is 10.2. The van der Waals surface area contributed by atoms with Gasteiger partial charge in [0.2, 0.25) is 5.91 Å². The van der Waals surface area contributed by atoms with E-state index in [0.717, 1.165) is 11.3 Å². The lowest BCUT2D eigenvalue weighted by Gasteiger charge is -2.13. The van der Waals surface area contributed by atoms with Crippen LogP contribution in [0.2, 0.25) is 0 Å². The second-order valence-corrected chi connectivity index (χ2v) is 4.82. The number of rotatable bonds is 7. The van der Waals surface area contributed by atoms with Crippen LogP contribution in [0.4, 0.5) is 0 Å². The van der Waals surface area contributed by atoms with E-state index in [0.29, 0.717) is 5.76 Å². The molecular weight excluding hydrogens is 282 g/mol. The number of carbonyl (C=O) groups is 1. The largest absolute Gasteiger partial charge is 0.491 e. The van der Waals surface area contributed by atoms with Crippen LogP contribution in [0.25, 0.3) is 6.08 Å². The van der Waals surface area contributed by atoms with Crippen molar-refractivity contribution in [2.75, 3.05) is 13.2 Å². The van der Waals surface area contributed by atoms with Gasteiger partial charge in [0.05, 0.1) is 6.26 Å². The van der Waals surface area contributed by atoms with Crippen molar-refractivity contribution in [2.45, 2.75) is 13.0 Å². The Kier molecular flexibility index (Phi) is 5.80. The molecule has 2 N–H and O–H groups in total. The van der Waals surface area contributed by atoms with Gasteiger partial charge in [0.25, 0.3) is 0 Å². The first-order valence-electron chi connectivity index (χ1n) is 7.01. The number of hydrogen-bond donors (Lipinski definition) is 2. The van der Waals surface area contributed by atoms with E-state index in [1.165, 1.54) is 12.3 Å². The van der Waals surface area contributed by atoms with Gasteiger partial charge in [-0.05, 0) is 36.8 Å². The molecule has 1 atom stereocenters. The quantitative estimate of drug-likeness (QED) is 0.769. The van der Waals surface area contributed by atoms with Gasteiger partial charge >= 0.3 is 0 Å². The van der Waals surface area contributed by atoms with Crippen LogP contribution in [0, 0.1) is 6.92 Å². The fourth-order valence-corrected chi connectivity index (χ4v) is 1.78. The maximum atomic E-state index is 11.6. The molecule has 0 aliphatic carbocycles. The number of ether oxygens (including phenoxy) is 1. The Morgan fingerprint density at radius 1 is 1.36 bits per heavy atom. The van der Waals surface area contributed by atoms with Crippen LogP contribution in [0.3, 0.4) is 0 Å². The highest BCUT2D eigenvalue weighted by Gasteiger charge is 2.07. The zero-order chi connectivity index (χ0) is 15.8. The van der Waals surface area contributed by atoms with Gasteiger partial charge in [-0.15, -0.1) is 0 Å². The molecule has 5 heteroatoms. The van der Waals surface area contributed by atoms with Gasteiger partial charge in [0.15, 0.2) is 0 Å². The number of nitrogens with one attached hydrogen (secondary N) is 1. The van der Waals surface area contributed by atoms with Crippen LogP contribution < -0.4 is 10.1 Å². The molecule has 0 fully saturated rings. The number of para-hydroxylation sites is 1. The summed E-state index contributed by atoms with van der Waals surface area (Å²) >= 11 is 0. The zero-order valence-electron chi connectivity index (χ0n) is 12.4. The highest BCUT2D eigenvalue weighted by Crippen LogP contribution is 2.16. The van der Waals surface area contributed by atoms with Crippen LogP contribution in [-0.4, -0.2) is 30.3 Å². The van der Waals surface area contributed by atoms with Crippen LogP contribution in [-0.2, 0) is 4.79 Å². The van der Waals surface area contributed by atoms with Crippen LogP contribution in [0.5, 0.6) is 5.75 Å². The van der Waals surface area contributed by atoms with E-state index in [2.05, 4.69) is 5.32 Å². The molecule has 22 heavy (non-hydrogen) atoms. The Morgan fingerprint density at radius 3 is 2.91 bits per heavy atom. The minimum atomic E-state index is -0.777. The van der Waals surface area contributed by atoms with Gasteiger partial charge in [0, 0.05) is 12.6 Å². The number of furan rings is 1. The Bertz CT molecular complexity index is 619. The maximum Gasteiger partial charge on any atom is 0.244 e. The lowest BCUT2D eigenvalue weighted by molar-refractivity contribution is -0.117. The minimum Gasteiger partial charge on any atom is -0.491 e. The van der Waals surface area contributed by atoms with Gasteiger partial charge < -0.3 is 19.6 Å². The van der Waals surface area contributed by atoms with Crippen LogP contribution >= 0.6 is 0 Å². The molecule has 1 aromatic heterocycles. The predicted octanol–water partition coefficient (Wildman–Crippen LogP) is 2.16. The smallest absolute Gasteiger partial charge is 0.244 e. The van der Waals surface area contributed by atoms with E-state index in [-0.39, 0.29) is 19.1 Å². The van der Waals surface area contributed by atoms with Crippen LogP contribution in [0.15, 0.2) is 53.2 Å². The number of aliphatic hydroxyl groups excluding tert-OH is 1. The second-order valence-electron chi connectivity index (χ2n) is 4.82. The van der Waals surface area contributed by atoms with Crippen molar-refractivity contribution in [2.24, 2.45) is 0 Å². The molecular formula is C17H19NO4. The van der Waals surface area contributed by atoms with E-state index in [4.69, 9.17) is 9.15 Å². The van der Waals surface area contributed by atoms with Gasteiger partial charge in [-0.1, -0.05) is 18.2 Å². The summed E-state index contributed by atoms with van der Waals surface area (Å²) in [5, 5.41) is 12.4. The third-order valence-corrected chi connectivity index (χ3v) is 2.98. The molecule has 0 saturated heterocycles. The predicted molar refractivity (Wildman–Crippen MR) is 83.4 cm³/mol. The van der Waals surface area contributed by atoms with Gasteiger partial charge in [-0.2, -0.15) is 0 Å². The lowest BCUT2D eigenvalue weighted by Crippen LogP contribution is -2.34. The van der Waals surface area contributed by atoms with E-state index in [1.54, 1.807) is 18.2 Å². The number of benzene rings is 1. The summed E-state index contributed by atoms with van der Waals surface area (Å²) in [6, 6.07) is 11.1. The van der Waals surface area contributed by atoms with Crippen molar-refractivity contribution in [3.8, 4) is 5.75 Å². The number of amides is 1. The molecule has 1 amide bonds. The molecule has 116 valence electrons. The Labute approximate surface area is 129 Å². The van der Waals surface area contributed by atoms with E-state index < -0.39 is 6.10 Å².